The average Bonchev–Trinajstić information content (AvgIpc) is 2.67. The van der Waals surface area contributed by atoms with E-state index in [1.54, 1.807) is 6.92 Å². The van der Waals surface area contributed by atoms with Crippen LogP contribution in [0.1, 0.15) is 16.1 Å². The van der Waals surface area contributed by atoms with Crippen molar-refractivity contribution in [2.45, 2.75) is 6.92 Å². The number of aromatic hydroxyl groups is 1. The van der Waals surface area contributed by atoms with E-state index in [-0.39, 0.29) is 22.7 Å². The number of rotatable bonds is 2. The number of hydrogen-bond donors (Lipinski definition) is 2. The SMILES string of the molecule is Cc1ccc(F)c(-c2cc(C(=O)O)nn2C)c1O. The molecule has 18 heavy (non-hydrogen) atoms. The molecule has 0 aliphatic carbocycles. The van der Waals surface area contributed by atoms with Crippen molar-refractivity contribution in [1.29, 1.82) is 0 Å². The second kappa shape index (κ2) is 4.14. The Kier molecular flexibility index (Phi) is 2.78. The summed E-state index contributed by atoms with van der Waals surface area (Å²) in [5, 5.41) is 22.4. The minimum absolute atomic E-state index is 0.0440. The summed E-state index contributed by atoms with van der Waals surface area (Å²) in [7, 11) is 1.49. The summed E-state index contributed by atoms with van der Waals surface area (Å²) in [6.07, 6.45) is 0. The fourth-order valence-corrected chi connectivity index (χ4v) is 1.72. The molecule has 0 unspecified atom stereocenters. The number of hydrogen-bond acceptors (Lipinski definition) is 3. The number of aryl methyl sites for hydroxylation is 2. The van der Waals surface area contributed by atoms with E-state index in [0.717, 1.165) is 0 Å². The summed E-state index contributed by atoms with van der Waals surface area (Å²) < 4.78 is 15.0. The summed E-state index contributed by atoms with van der Waals surface area (Å²) in [4.78, 5) is 10.8. The van der Waals surface area contributed by atoms with Crippen molar-refractivity contribution in [3.05, 3.63) is 35.3 Å². The van der Waals surface area contributed by atoms with Crippen LogP contribution < -0.4 is 0 Å². The van der Waals surface area contributed by atoms with Crippen molar-refractivity contribution in [2.24, 2.45) is 7.05 Å². The van der Waals surface area contributed by atoms with Crippen LogP contribution in [0.2, 0.25) is 0 Å². The molecule has 6 heteroatoms. The van der Waals surface area contributed by atoms with E-state index in [9.17, 15) is 14.3 Å². The number of phenolic OH excluding ortho intramolecular Hbond substituents is 1. The van der Waals surface area contributed by atoms with Crippen LogP contribution in [0.15, 0.2) is 18.2 Å². The molecule has 1 aromatic heterocycles. The third-order valence-corrected chi connectivity index (χ3v) is 2.68. The lowest BCUT2D eigenvalue weighted by molar-refractivity contribution is 0.0689. The Hall–Kier alpha value is -2.37. The van der Waals surface area contributed by atoms with Crippen LogP contribution in [0.5, 0.6) is 5.75 Å². The second-order valence-electron chi connectivity index (χ2n) is 3.93. The smallest absolute Gasteiger partial charge is 0.356 e. The van der Waals surface area contributed by atoms with Gasteiger partial charge in [0.25, 0.3) is 0 Å². The van der Waals surface area contributed by atoms with E-state index < -0.39 is 11.8 Å². The zero-order valence-electron chi connectivity index (χ0n) is 9.81. The number of carboxylic acid groups (broad SMARTS) is 1. The van der Waals surface area contributed by atoms with E-state index in [1.165, 1.54) is 29.9 Å². The summed E-state index contributed by atoms with van der Waals surface area (Å²) >= 11 is 0. The summed E-state index contributed by atoms with van der Waals surface area (Å²) in [5.41, 5.74) is 0.473. The highest BCUT2D eigenvalue weighted by molar-refractivity contribution is 5.87. The normalized spacial score (nSPS) is 10.6. The van der Waals surface area contributed by atoms with Gasteiger partial charge >= 0.3 is 5.97 Å². The molecule has 5 nitrogen and oxygen atoms in total. The number of carboxylic acids is 1. The monoisotopic (exact) mass is 250 g/mol. The predicted octanol–water partition coefficient (Wildman–Crippen LogP) is 1.94. The van der Waals surface area contributed by atoms with Gasteiger partial charge in [0.05, 0.1) is 11.3 Å². The summed E-state index contributed by atoms with van der Waals surface area (Å²) in [6.45, 7) is 1.63. The van der Waals surface area contributed by atoms with Crippen LogP contribution in [0.3, 0.4) is 0 Å². The molecule has 2 rings (SSSR count). The quantitative estimate of drug-likeness (QED) is 0.854. The van der Waals surface area contributed by atoms with Gasteiger partial charge in [-0.2, -0.15) is 5.10 Å². The molecule has 0 saturated heterocycles. The summed E-state index contributed by atoms with van der Waals surface area (Å²) in [6, 6.07) is 3.89. The maximum absolute atomic E-state index is 13.8. The van der Waals surface area contributed by atoms with Crippen molar-refractivity contribution < 1.29 is 19.4 Å². The van der Waals surface area contributed by atoms with Gasteiger partial charge < -0.3 is 10.2 Å². The molecule has 0 bridgehead atoms. The molecular formula is C12H11FN2O3. The van der Waals surface area contributed by atoms with E-state index in [0.29, 0.717) is 5.56 Å². The van der Waals surface area contributed by atoms with Crippen LogP contribution in [-0.2, 0) is 7.05 Å². The molecule has 0 atom stereocenters. The predicted molar refractivity (Wildman–Crippen MR) is 62.0 cm³/mol. The Morgan fingerprint density at radius 3 is 2.67 bits per heavy atom. The number of halogens is 1. The highest BCUT2D eigenvalue weighted by Gasteiger charge is 2.19. The topological polar surface area (TPSA) is 75.3 Å². The molecular weight excluding hydrogens is 239 g/mol. The van der Waals surface area contributed by atoms with Crippen LogP contribution in [0.25, 0.3) is 11.3 Å². The van der Waals surface area contributed by atoms with Gasteiger partial charge in [0.15, 0.2) is 5.69 Å². The third kappa shape index (κ3) is 1.81. The van der Waals surface area contributed by atoms with Crippen molar-refractivity contribution in [3.63, 3.8) is 0 Å². The first-order chi connectivity index (χ1) is 8.41. The van der Waals surface area contributed by atoms with E-state index in [2.05, 4.69) is 5.10 Å². The van der Waals surface area contributed by atoms with Gasteiger partial charge in [0.1, 0.15) is 11.6 Å². The van der Waals surface area contributed by atoms with Gasteiger partial charge in [0, 0.05) is 7.05 Å². The minimum atomic E-state index is -1.20. The van der Waals surface area contributed by atoms with E-state index in [4.69, 9.17) is 5.11 Å². The molecule has 2 aromatic rings. The Bertz CT molecular complexity index is 634. The van der Waals surface area contributed by atoms with Crippen molar-refractivity contribution >= 4 is 5.97 Å². The molecule has 0 spiro atoms. The number of aromatic carboxylic acids is 1. The van der Waals surface area contributed by atoms with Crippen molar-refractivity contribution in [3.8, 4) is 17.0 Å². The van der Waals surface area contributed by atoms with Gasteiger partial charge in [-0.3, -0.25) is 4.68 Å². The van der Waals surface area contributed by atoms with Gasteiger partial charge in [0.2, 0.25) is 0 Å². The van der Waals surface area contributed by atoms with E-state index >= 15 is 0 Å². The Morgan fingerprint density at radius 2 is 2.11 bits per heavy atom. The zero-order valence-corrected chi connectivity index (χ0v) is 9.81. The number of phenols is 1. The molecule has 0 saturated carbocycles. The summed E-state index contributed by atoms with van der Waals surface area (Å²) in [5.74, 6) is -2.04. The first kappa shape index (κ1) is 12.1. The number of aromatic nitrogens is 2. The minimum Gasteiger partial charge on any atom is -0.507 e. The molecule has 0 amide bonds. The van der Waals surface area contributed by atoms with Crippen LogP contribution in [-0.4, -0.2) is 26.0 Å². The lowest BCUT2D eigenvalue weighted by Gasteiger charge is -2.08. The van der Waals surface area contributed by atoms with Crippen LogP contribution >= 0.6 is 0 Å². The number of carbonyl (C=O) groups is 1. The number of benzene rings is 1. The molecule has 1 aromatic carbocycles. The zero-order chi connectivity index (χ0) is 13.4. The third-order valence-electron chi connectivity index (χ3n) is 2.68. The highest BCUT2D eigenvalue weighted by atomic mass is 19.1. The van der Waals surface area contributed by atoms with Crippen molar-refractivity contribution in [2.75, 3.05) is 0 Å². The molecule has 1 heterocycles. The standard InChI is InChI=1S/C12H11FN2O3/c1-6-3-4-7(13)10(11(6)16)9-5-8(12(17)18)14-15(9)2/h3-5,16H,1-2H3,(H,17,18). The Morgan fingerprint density at radius 1 is 1.44 bits per heavy atom. The second-order valence-corrected chi connectivity index (χ2v) is 3.93. The molecule has 2 N–H and O–H groups in total. The largest absolute Gasteiger partial charge is 0.507 e. The maximum Gasteiger partial charge on any atom is 0.356 e. The first-order valence-corrected chi connectivity index (χ1v) is 5.17. The molecule has 0 aliphatic rings. The van der Waals surface area contributed by atoms with Crippen molar-refractivity contribution in [1.82, 2.24) is 9.78 Å². The van der Waals surface area contributed by atoms with Crippen LogP contribution in [0.4, 0.5) is 4.39 Å². The highest BCUT2D eigenvalue weighted by Crippen LogP contribution is 2.34. The Labute approximate surface area is 102 Å². The Balaban J connectivity index is 2.69. The lowest BCUT2D eigenvalue weighted by Crippen LogP contribution is -2.00. The lowest BCUT2D eigenvalue weighted by atomic mass is 10.1. The van der Waals surface area contributed by atoms with Gasteiger partial charge in [-0.25, -0.2) is 9.18 Å². The first-order valence-electron chi connectivity index (χ1n) is 5.17. The molecule has 94 valence electrons. The van der Waals surface area contributed by atoms with Gasteiger partial charge in [-0.15, -0.1) is 0 Å². The maximum atomic E-state index is 13.8. The average molecular weight is 250 g/mol. The fraction of sp³-hybridized carbons (Fsp3) is 0.167. The van der Waals surface area contributed by atoms with E-state index in [1.807, 2.05) is 0 Å². The van der Waals surface area contributed by atoms with Gasteiger partial charge in [-0.05, 0) is 24.6 Å². The van der Waals surface area contributed by atoms with Crippen LogP contribution in [0, 0.1) is 12.7 Å². The molecule has 0 radical (unpaired) electrons. The molecule has 0 aliphatic heterocycles. The number of nitrogens with zero attached hydrogens (tertiary/aromatic N) is 2. The fourth-order valence-electron chi connectivity index (χ4n) is 1.72. The molecule has 0 fully saturated rings. The van der Waals surface area contributed by atoms with Gasteiger partial charge in [-0.1, -0.05) is 6.07 Å².